The van der Waals surface area contributed by atoms with Gasteiger partial charge in [0, 0.05) is 13.2 Å². The van der Waals surface area contributed by atoms with Crippen molar-refractivity contribution in [2.24, 2.45) is 11.3 Å². The van der Waals surface area contributed by atoms with Crippen molar-refractivity contribution < 1.29 is 38.1 Å². The number of nitrogens with one attached hydrogen (secondary N) is 1. The molecule has 0 aliphatic rings. The lowest BCUT2D eigenvalue weighted by Crippen LogP contribution is -2.36. The third-order valence-electron chi connectivity index (χ3n) is 4.83. The molecule has 33 heavy (non-hydrogen) atoms. The first kappa shape index (κ1) is 33.3. The fourth-order valence-corrected chi connectivity index (χ4v) is 2.06. The minimum absolute atomic E-state index is 0.127. The minimum Gasteiger partial charge on any atom is -0.469 e. The molecule has 0 heterocycles. The third kappa shape index (κ3) is 18.3. The van der Waals surface area contributed by atoms with Crippen LogP contribution in [-0.2, 0) is 33.3 Å². The molecular weight excluding hydrogens is 430 g/mol. The molecule has 0 fully saturated rings. The summed E-state index contributed by atoms with van der Waals surface area (Å²) >= 11 is 0. The van der Waals surface area contributed by atoms with Gasteiger partial charge >= 0.3 is 18.0 Å². The van der Waals surface area contributed by atoms with E-state index in [1.54, 1.807) is 6.92 Å². The molecule has 0 aliphatic carbocycles. The Balaban J connectivity index is 0. The van der Waals surface area contributed by atoms with Crippen molar-refractivity contribution in [3.05, 3.63) is 0 Å². The van der Waals surface area contributed by atoms with E-state index in [2.05, 4.69) is 10.1 Å². The molecule has 0 saturated carbocycles. The summed E-state index contributed by atoms with van der Waals surface area (Å²) in [5.41, 5.74) is -0.311. The van der Waals surface area contributed by atoms with Crippen molar-refractivity contribution >= 4 is 18.0 Å². The first-order valence-corrected chi connectivity index (χ1v) is 11.9. The Hall–Kier alpha value is -1.87. The molecule has 0 rings (SSSR count). The Bertz CT molecular complexity index is 515. The molecule has 0 aromatic rings. The summed E-state index contributed by atoms with van der Waals surface area (Å²) in [6.07, 6.45) is 2.32. The van der Waals surface area contributed by atoms with Gasteiger partial charge in [0.25, 0.3) is 0 Å². The molecule has 0 aromatic carbocycles. The fourth-order valence-electron chi connectivity index (χ4n) is 2.06. The summed E-state index contributed by atoms with van der Waals surface area (Å²) in [6, 6.07) is 0. The molecule has 0 radical (unpaired) electrons. The maximum absolute atomic E-state index is 11.8. The van der Waals surface area contributed by atoms with Crippen molar-refractivity contribution in [1.82, 2.24) is 5.32 Å². The van der Waals surface area contributed by atoms with E-state index in [0.29, 0.717) is 26.4 Å². The average Bonchev–Trinajstić information content (AvgIpc) is 2.80. The normalized spacial score (nSPS) is 11.8. The van der Waals surface area contributed by atoms with Gasteiger partial charge in [0.1, 0.15) is 6.61 Å². The van der Waals surface area contributed by atoms with Crippen molar-refractivity contribution in [2.75, 3.05) is 46.7 Å². The molecule has 0 aromatic heterocycles. The van der Waals surface area contributed by atoms with Crippen LogP contribution in [0.2, 0.25) is 0 Å². The number of esters is 2. The van der Waals surface area contributed by atoms with Crippen LogP contribution in [0.5, 0.6) is 0 Å². The van der Waals surface area contributed by atoms with Crippen LogP contribution in [0.4, 0.5) is 4.79 Å². The van der Waals surface area contributed by atoms with E-state index in [-0.39, 0.29) is 36.4 Å². The largest absolute Gasteiger partial charge is 0.469 e. The van der Waals surface area contributed by atoms with E-state index < -0.39 is 12.2 Å². The number of amides is 1. The minimum atomic E-state index is -0.570. The predicted molar refractivity (Wildman–Crippen MR) is 127 cm³/mol. The Morgan fingerprint density at radius 1 is 0.909 bits per heavy atom. The van der Waals surface area contributed by atoms with Gasteiger partial charge in [-0.2, -0.15) is 0 Å². The Labute approximate surface area is 200 Å². The lowest BCUT2D eigenvalue weighted by molar-refractivity contribution is -0.151. The summed E-state index contributed by atoms with van der Waals surface area (Å²) in [5, 5.41) is 2.56. The topological polar surface area (TPSA) is 109 Å². The van der Waals surface area contributed by atoms with Crippen LogP contribution >= 0.6 is 0 Å². The number of hydrogen-bond donors (Lipinski definition) is 1. The van der Waals surface area contributed by atoms with E-state index in [9.17, 15) is 14.4 Å². The maximum atomic E-state index is 11.8. The number of ether oxygens (including phenoxy) is 5. The molecule has 1 N–H and O–H groups in total. The van der Waals surface area contributed by atoms with Crippen LogP contribution in [0, 0.1) is 11.3 Å². The third-order valence-corrected chi connectivity index (χ3v) is 4.83. The van der Waals surface area contributed by atoms with Crippen LogP contribution in [0.3, 0.4) is 0 Å². The van der Waals surface area contributed by atoms with Crippen LogP contribution in [-0.4, -0.2) is 70.8 Å². The van der Waals surface area contributed by atoms with Crippen molar-refractivity contribution in [2.45, 2.75) is 80.3 Å². The summed E-state index contributed by atoms with van der Waals surface area (Å²) < 4.78 is 25.7. The second kappa shape index (κ2) is 20.7. The van der Waals surface area contributed by atoms with Gasteiger partial charge in [0.05, 0.1) is 38.2 Å². The van der Waals surface area contributed by atoms with Crippen LogP contribution in [0.25, 0.3) is 0 Å². The van der Waals surface area contributed by atoms with Crippen molar-refractivity contribution in [1.29, 1.82) is 0 Å². The Morgan fingerprint density at radius 3 is 1.85 bits per heavy atom. The number of methoxy groups -OCH3 is 1. The van der Waals surface area contributed by atoms with E-state index in [4.69, 9.17) is 18.9 Å². The standard InChI is InChI=1S/C17H33NO6.C7H14O2/c1-5-9-21-12-15(13-22-10-6-2)24-17(20)18-8-11-23-16(19)14(4)7-3;1-5-7(2,3)6(8)9-4/h14-15H,5-13H2,1-4H3,(H,18,20);5H2,1-4H3. The van der Waals surface area contributed by atoms with Gasteiger partial charge in [-0.05, 0) is 39.5 Å². The van der Waals surface area contributed by atoms with Crippen molar-refractivity contribution in [3.8, 4) is 0 Å². The highest BCUT2D eigenvalue weighted by molar-refractivity contribution is 5.75. The predicted octanol–water partition coefficient (Wildman–Crippen LogP) is 4.12. The maximum Gasteiger partial charge on any atom is 0.407 e. The highest BCUT2D eigenvalue weighted by atomic mass is 16.6. The van der Waals surface area contributed by atoms with E-state index in [1.807, 2.05) is 41.5 Å². The Kier molecular flexibility index (Phi) is 20.9. The van der Waals surface area contributed by atoms with Crippen LogP contribution in [0.15, 0.2) is 0 Å². The van der Waals surface area contributed by atoms with E-state index in [0.717, 1.165) is 25.7 Å². The molecule has 0 aliphatic heterocycles. The summed E-state index contributed by atoms with van der Waals surface area (Å²) in [5.74, 6) is -0.524. The molecule has 9 nitrogen and oxygen atoms in total. The number of carbonyl (C=O) groups is 3. The van der Waals surface area contributed by atoms with E-state index in [1.165, 1.54) is 7.11 Å². The summed E-state index contributed by atoms with van der Waals surface area (Å²) in [6.45, 7) is 15.6. The number of carbonyl (C=O) groups excluding carboxylic acids is 3. The Morgan fingerprint density at radius 2 is 1.45 bits per heavy atom. The zero-order chi connectivity index (χ0) is 25.7. The van der Waals surface area contributed by atoms with Crippen molar-refractivity contribution in [3.63, 3.8) is 0 Å². The van der Waals surface area contributed by atoms with Gasteiger partial charge in [-0.25, -0.2) is 4.79 Å². The lowest BCUT2D eigenvalue weighted by atomic mass is 9.91. The van der Waals surface area contributed by atoms with Gasteiger partial charge in [-0.3, -0.25) is 9.59 Å². The monoisotopic (exact) mass is 477 g/mol. The average molecular weight is 478 g/mol. The van der Waals surface area contributed by atoms with E-state index >= 15 is 0 Å². The van der Waals surface area contributed by atoms with Gasteiger partial charge in [-0.15, -0.1) is 0 Å². The van der Waals surface area contributed by atoms with Gasteiger partial charge in [0.15, 0.2) is 6.10 Å². The summed E-state index contributed by atoms with van der Waals surface area (Å²) in [7, 11) is 1.42. The molecule has 9 heteroatoms. The number of rotatable bonds is 16. The zero-order valence-electron chi connectivity index (χ0n) is 22.0. The first-order valence-electron chi connectivity index (χ1n) is 11.9. The van der Waals surface area contributed by atoms with Gasteiger partial charge in [-0.1, -0.05) is 34.6 Å². The lowest BCUT2D eigenvalue weighted by Gasteiger charge is -2.18. The fraction of sp³-hybridized carbons (Fsp3) is 0.875. The highest BCUT2D eigenvalue weighted by Crippen LogP contribution is 2.20. The van der Waals surface area contributed by atoms with Crippen LogP contribution < -0.4 is 5.32 Å². The molecule has 0 bridgehead atoms. The molecule has 196 valence electrons. The number of alkyl carbamates (subject to hydrolysis) is 1. The molecule has 1 atom stereocenters. The molecular formula is C24H47NO8. The second-order valence-corrected chi connectivity index (χ2v) is 8.31. The number of hydrogen-bond acceptors (Lipinski definition) is 8. The first-order chi connectivity index (χ1) is 15.6. The van der Waals surface area contributed by atoms with Gasteiger partial charge < -0.3 is 29.0 Å². The molecule has 1 amide bonds. The molecule has 0 spiro atoms. The SMILES string of the molecule is CCC(C)(C)C(=O)OC.CCCOCC(COCCC)OC(=O)NCCOC(=O)C(C)CC. The highest BCUT2D eigenvalue weighted by Gasteiger charge is 2.25. The molecule has 0 saturated heterocycles. The zero-order valence-corrected chi connectivity index (χ0v) is 22.0. The smallest absolute Gasteiger partial charge is 0.407 e. The van der Waals surface area contributed by atoms with Crippen LogP contribution in [0.1, 0.15) is 74.1 Å². The second-order valence-electron chi connectivity index (χ2n) is 8.31. The summed E-state index contributed by atoms with van der Waals surface area (Å²) in [4.78, 5) is 34.1. The van der Waals surface area contributed by atoms with Gasteiger partial charge in [0.2, 0.25) is 0 Å². The molecule has 1 unspecified atom stereocenters. The quantitative estimate of drug-likeness (QED) is 0.201.